The van der Waals surface area contributed by atoms with Gasteiger partial charge in [0.2, 0.25) is 0 Å². The maximum absolute atomic E-state index is 12.7. The number of thiocarbonyl (C=S) groups is 1. The van der Waals surface area contributed by atoms with Crippen molar-refractivity contribution in [2.75, 3.05) is 18.5 Å². The molecule has 0 saturated heterocycles. The smallest absolute Gasteiger partial charge is 0.316 e. The lowest BCUT2D eigenvalue weighted by Gasteiger charge is -2.16. The lowest BCUT2D eigenvalue weighted by molar-refractivity contribution is -0.137. The van der Waals surface area contributed by atoms with Crippen molar-refractivity contribution in [3.8, 4) is 0 Å². The van der Waals surface area contributed by atoms with Crippen LogP contribution in [0.3, 0.4) is 0 Å². The summed E-state index contributed by atoms with van der Waals surface area (Å²) in [6.07, 6.45) is 0. The number of nitrogens with two attached hydrogens (primary N) is 1. The third-order valence-electron chi connectivity index (χ3n) is 2.14. The zero-order chi connectivity index (χ0) is 13.7. The van der Waals surface area contributed by atoms with Gasteiger partial charge >= 0.3 is 11.8 Å². The van der Waals surface area contributed by atoms with E-state index in [1.165, 1.54) is 31.3 Å². The standard InChI is InChI=1S/C11H12FN3O2S/c1-15(8-4-2-7(12)3-5-8)11(17)10(16)14-6-9(13)18/h2-5H,6H2,1H3,(H2,13,18)(H,14,16). The molecule has 0 aliphatic heterocycles. The van der Waals surface area contributed by atoms with Crippen LogP contribution < -0.4 is 16.0 Å². The van der Waals surface area contributed by atoms with Gasteiger partial charge in [0.25, 0.3) is 0 Å². The van der Waals surface area contributed by atoms with Gasteiger partial charge in [0.05, 0.1) is 11.5 Å². The molecule has 0 radical (unpaired) electrons. The second-order valence-electron chi connectivity index (χ2n) is 3.49. The number of benzene rings is 1. The fourth-order valence-corrected chi connectivity index (χ4v) is 1.25. The largest absolute Gasteiger partial charge is 0.392 e. The molecule has 3 N–H and O–H groups in total. The number of nitrogens with zero attached hydrogens (tertiary/aromatic N) is 1. The molecule has 0 aliphatic rings. The topological polar surface area (TPSA) is 75.4 Å². The minimum absolute atomic E-state index is 0.0445. The minimum Gasteiger partial charge on any atom is -0.392 e. The van der Waals surface area contributed by atoms with E-state index >= 15 is 0 Å². The predicted octanol–water partition coefficient (Wildman–Crippen LogP) is 0.191. The summed E-state index contributed by atoms with van der Waals surface area (Å²) in [5.41, 5.74) is 5.60. The highest BCUT2D eigenvalue weighted by Crippen LogP contribution is 2.12. The molecule has 1 aromatic rings. The fourth-order valence-electron chi connectivity index (χ4n) is 1.18. The van der Waals surface area contributed by atoms with Crippen LogP contribution in [0, 0.1) is 5.82 Å². The fraction of sp³-hybridized carbons (Fsp3) is 0.182. The summed E-state index contributed by atoms with van der Waals surface area (Å²) >= 11 is 4.57. The zero-order valence-electron chi connectivity index (χ0n) is 9.64. The maximum Gasteiger partial charge on any atom is 0.316 e. The lowest BCUT2D eigenvalue weighted by Crippen LogP contribution is -2.43. The third-order valence-corrected chi connectivity index (χ3v) is 2.28. The summed E-state index contributed by atoms with van der Waals surface area (Å²) in [6.45, 7) is -0.0445. The molecule has 96 valence electrons. The van der Waals surface area contributed by atoms with Crippen LogP contribution in [0.15, 0.2) is 24.3 Å². The number of hydrogen-bond donors (Lipinski definition) is 2. The molecule has 5 nitrogen and oxygen atoms in total. The van der Waals surface area contributed by atoms with Crippen LogP contribution in [-0.2, 0) is 9.59 Å². The number of hydrogen-bond acceptors (Lipinski definition) is 3. The average molecular weight is 269 g/mol. The molecular formula is C11H12FN3O2S. The van der Waals surface area contributed by atoms with E-state index in [-0.39, 0.29) is 11.5 Å². The van der Waals surface area contributed by atoms with Crippen molar-refractivity contribution in [1.29, 1.82) is 0 Å². The molecule has 0 fully saturated rings. The highest BCUT2D eigenvalue weighted by molar-refractivity contribution is 7.80. The zero-order valence-corrected chi connectivity index (χ0v) is 10.5. The minimum atomic E-state index is -0.824. The molecule has 0 saturated carbocycles. The van der Waals surface area contributed by atoms with Gasteiger partial charge in [0.15, 0.2) is 0 Å². The van der Waals surface area contributed by atoms with E-state index in [9.17, 15) is 14.0 Å². The van der Waals surface area contributed by atoms with E-state index in [1.54, 1.807) is 0 Å². The maximum atomic E-state index is 12.7. The Bertz CT molecular complexity index is 476. The van der Waals surface area contributed by atoms with Crippen LogP contribution in [0.25, 0.3) is 0 Å². The number of carbonyl (C=O) groups is 2. The van der Waals surface area contributed by atoms with Crippen molar-refractivity contribution in [3.05, 3.63) is 30.1 Å². The molecule has 0 aromatic heterocycles. The lowest BCUT2D eigenvalue weighted by atomic mass is 10.3. The van der Waals surface area contributed by atoms with Crippen LogP contribution in [0.5, 0.6) is 0 Å². The monoisotopic (exact) mass is 269 g/mol. The Hall–Kier alpha value is -2.02. The van der Waals surface area contributed by atoms with Gasteiger partial charge in [-0.05, 0) is 24.3 Å². The number of amides is 2. The van der Waals surface area contributed by atoms with E-state index in [2.05, 4.69) is 17.5 Å². The predicted molar refractivity (Wildman–Crippen MR) is 69.6 cm³/mol. The summed E-state index contributed by atoms with van der Waals surface area (Å²) in [6, 6.07) is 5.19. The molecule has 0 unspecified atom stereocenters. The number of rotatable bonds is 3. The molecule has 0 heterocycles. The summed E-state index contributed by atoms with van der Waals surface area (Å²) in [5, 5.41) is 2.27. The second kappa shape index (κ2) is 6.06. The van der Waals surface area contributed by atoms with Gasteiger partial charge in [-0.2, -0.15) is 0 Å². The van der Waals surface area contributed by atoms with Crippen molar-refractivity contribution in [2.24, 2.45) is 5.73 Å². The SMILES string of the molecule is CN(C(=O)C(=O)NCC(N)=S)c1ccc(F)cc1. The Morgan fingerprint density at radius 2 is 1.94 bits per heavy atom. The van der Waals surface area contributed by atoms with E-state index in [1.807, 2.05) is 0 Å². The molecule has 0 spiro atoms. The van der Waals surface area contributed by atoms with Crippen molar-refractivity contribution in [1.82, 2.24) is 5.32 Å². The Balaban J connectivity index is 2.68. The van der Waals surface area contributed by atoms with Crippen LogP contribution in [0.1, 0.15) is 0 Å². The molecule has 2 amide bonds. The Morgan fingerprint density at radius 1 is 1.39 bits per heavy atom. The van der Waals surface area contributed by atoms with Crippen molar-refractivity contribution < 1.29 is 14.0 Å². The van der Waals surface area contributed by atoms with Crippen molar-refractivity contribution >= 4 is 34.7 Å². The normalized spacial score (nSPS) is 9.67. The molecule has 7 heteroatoms. The van der Waals surface area contributed by atoms with E-state index in [0.29, 0.717) is 5.69 Å². The number of nitrogens with one attached hydrogen (secondary N) is 1. The summed E-state index contributed by atoms with van der Waals surface area (Å²) in [7, 11) is 1.41. The number of anilines is 1. The van der Waals surface area contributed by atoms with E-state index in [4.69, 9.17) is 5.73 Å². The van der Waals surface area contributed by atoms with Crippen LogP contribution in [0.2, 0.25) is 0 Å². The summed E-state index contributed by atoms with van der Waals surface area (Å²) in [5.74, 6) is -2.02. The van der Waals surface area contributed by atoms with Gasteiger partial charge in [-0.1, -0.05) is 12.2 Å². The number of carbonyl (C=O) groups excluding carboxylic acids is 2. The first kappa shape index (κ1) is 14.0. The molecule has 0 atom stereocenters. The van der Waals surface area contributed by atoms with Crippen LogP contribution in [-0.4, -0.2) is 30.4 Å². The molecule has 0 bridgehead atoms. The van der Waals surface area contributed by atoms with Crippen molar-refractivity contribution in [3.63, 3.8) is 0 Å². The first-order chi connectivity index (χ1) is 8.41. The van der Waals surface area contributed by atoms with Gasteiger partial charge < -0.3 is 16.0 Å². The Morgan fingerprint density at radius 3 is 2.44 bits per heavy atom. The number of likely N-dealkylation sites (N-methyl/N-ethyl adjacent to an activating group) is 1. The summed E-state index contributed by atoms with van der Waals surface area (Å²) in [4.78, 5) is 24.3. The second-order valence-corrected chi connectivity index (χ2v) is 4.01. The van der Waals surface area contributed by atoms with Gasteiger partial charge in [0, 0.05) is 12.7 Å². The highest BCUT2D eigenvalue weighted by Gasteiger charge is 2.19. The van der Waals surface area contributed by atoms with E-state index in [0.717, 1.165) is 4.90 Å². The average Bonchev–Trinajstić information content (AvgIpc) is 2.35. The Kier molecular flexibility index (Phi) is 4.73. The van der Waals surface area contributed by atoms with Gasteiger partial charge in [-0.25, -0.2) is 4.39 Å². The van der Waals surface area contributed by atoms with Crippen LogP contribution in [0.4, 0.5) is 10.1 Å². The molecule has 18 heavy (non-hydrogen) atoms. The third kappa shape index (κ3) is 3.77. The first-order valence-electron chi connectivity index (χ1n) is 5.01. The molecule has 0 aliphatic carbocycles. The highest BCUT2D eigenvalue weighted by atomic mass is 32.1. The summed E-state index contributed by atoms with van der Waals surface area (Å²) < 4.78 is 12.7. The van der Waals surface area contributed by atoms with Gasteiger partial charge in [0.1, 0.15) is 5.82 Å². The van der Waals surface area contributed by atoms with E-state index < -0.39 is 17.6 Å². The number of halogens is 1. The van der Waals surface area contributed by atoms with Crippen molar-refractivity contribution in [2.45, 2.75) is 0 Å². The molecule has 1 aromatic carbocycles. The van der Waals surface area contributed by atoms with Crippen LogP contribution >= 0.6 is 12.2 Å². The molecule has 1 rings (SSSR count). The van der Waals surface area contributed by atoms with Gasteiger partial charge in [-0.3, -0.25) is 9.59 Å². The molecular weight excluding hydrogens is 257 g/mol. The first-order valence-corrected chi connectivity index (χ1v) is 5.42. The quantitative estimate of drug-likeness (QED) is 0.607. The Labute approximate surface area is 109 Å². The van der Waals surface area contributed by atoms with Gasteiger partial charge in [-0.15, -0.1) is 0 Å².